The molecular weight excluding hydrogens is 258 g/mol. The molecule has 1 atom stereocenters. The molecule has 18 heavy (non-hydrogen) atoms. The van der Waals surface area contributed by atoms with Crippen molar-refractivity contribution in [2.24, 2.45) is 0 Å². The normalized spacial score (nSPS) is 13.8. The van der Waals surface area contributed by atoms with Gasteiger partial charge in [0.2, 0.25) is 10.0 Å². The zero-order valence-electron chi connectivity index (χ0n) is 10.3. The molecule has 0 spiro atoms. The number of benzene rings is 1. The molecule has 1 unspecified atom stereocenters. The summed E-state index contributed by atoms with van der Waals surface area (Å²) in [5, 5.41) is 18.8. The Hall–Kier alpha value is -1.15. The van der Waals surface area contributed by atoms with Gasteiger partial charge in [-0.15, -0.1) is 0 Å². The Morgan fingerprint density at radius 3 is 2.67 bits per heavy atom. The molecule has 0 heterocycles. The predicted molar refractivity (Wildman–Crippen MR) is 65.8 cm³/mol. The van der Waals surface area contributed by atoms with E-state index >= 15 is 0 Å². The second-order valence-electron chi connectivity index (χ2n) is 3.89. The van der Waals surface area contributed by atoms with Crippen LogP contribution in [-0.2, 0) is 14.8 Å². The van der Waals surface area contributed by atoms with Crippen LogP contribution < -0.4 is 0 Å². The number of aromatic hydroxyl groups is 1. The fraction of sp³-hybridized carbons (Fsp3) is 0.455. The van der Waals surface area contributed by atoms with Crippen LogP contribution in [0.1, 0.15) is 0 Å². The van der Waals surface area contributed by atoms with Crippen molar-refractivity contribution in [2.75, 3.05) is 27.3 Å². The van der Waals surface area contributed by atoms with E-state index in [1.165, 1.54) is 32.4 Å². The van der Waals surface area contributed by atoms with Gasteiger partial charge in [0.25, 0.3) is 0 Å². The Morgan fingerprint density at radius 2 is 2.11 bits per heavy atom. The third-order valence-electron chi connectivity index (χ3n) is 2.35. The first-order valence-electron chi connectivity index (χ1n) is 5.30. The predicted octanol–water partition coefficient (Wildman–Crippen LogP) is 0.0200. The van der Waals surface area contributed by atoms with Crippen LogP contribution in [0.4, 0.5) is 0 Å². The number of methoxy groups -OCH3 is 1. The molecule has 7 heteroatoms. The minimum absolute atomic E-state index is 0.0189. The summed E-state index contributed by atoms with van der Waals surface area (Å²) in [6.45, 7) is -0.0221. The Morgan fingerprint density at radius 1 is 1.44 bits per heavy atom. The molecule has 102 valence electrons. The van der Waals surface area contributed by atoms with E-state index in [0.717, 1.165) is 10.4 Å². The third-order valence-corrected chi connectivity index (χ3v) is 4.17. The molecule has 0 saturated carbocycles. The summed E-state index contributed by atoms with van der Waals surface area (Å²) in [6.07, 6.45) is -0.896. The van der Waals surface area contributed by atoms with E-state index in [0.29, 0.717) is 0 Å². The van der Waals surface area contributed by atoms with Crippen LogP contribution in [0.3, 0.4) is 0 Å². The fourth-order valence-corrected chi connectivity index (χ4v) is 2.71. The zero-order valence-corrected chi connectivity index (χ0v) is 11.1. The van der Waals surface area contributed by atoms with Gasteiger partial charge in [0.1, 0.15) is 5.75 Å². The van der Waals surface area contributed by atoms with Crippen LogP contribution in [0.25, 0.3) is 0 Å². The summed E-state index contributed by atoms with van der Waals surface area (Å²) >= 11 is 0. The number of aliphatic hydroxyl groups is 1. The maximum Gasteiger partial charge on any atom is 0.243 e. The van der Waals surface area contributed by atoms with Crippen molar-refractivity contribution in [3.63, 3.8) is 0 Å². The van der Waals surface area contributed by atoms with Gasteiger partial charge in [-0.05, 0) is 18.2 Å². The van der Waals surface area contributed by atoms with Crippen molar-refractivity contribution in [3.05, 3.63) is 24.3 Å². The minimum atomic E-state index is -3.72. The van der Waals surface area contributed by atoms with Crippen molar-refractivity contribution < 1.29 is 23.4 Å². The van der Waals surface area contributed by atoms with Crippen LogP contribution in [0.5, 0.6) is 5.75 Å². The topological polar surface area (TPSA) is 87.1 Å². The largest absolute Gasteiger partial charge is 0.508 e. The Labute approximate surface area is 106 Å². The lowest BCUT2D eigenvalue weighted by atomic mass is 10.3. The van der Waals surface area contributed by atoms with E-state index in [-0.39, 0.29) is 23.8 Å². The maximum atomic E-state index is 12.1. The molecule has 0 aromatic heterocycles. The van der Waals surface area contributed by atoms with E-state index in [4.69, 9.17) is 4.74 Å². The first-order valence-corrected chi connectivity index (χ1v) is 6.74. The van der Waals surface area contributed by atoms with E-state index in [1.807, 2.05) is 0 Å². The lowest BCUT2D eigenvalue weighted by Crippen LogP contribution is -2.36. The number of rotatable bonds is 6. The van der Waals surface area contributed by atoms with Gasteiger partial charge < -0.3 is 14.9 Å². The lowest BCUT2D eigenvalue weighted by molar-refractivity contribution is 0.0554. The Balaban J connectivity index is 2.86. The molecule has 0 radical (unpaired) electrons. The molecule has 1 aromatic carbocycles. The number of phenolic OH excluding ortho intramolecular Hbond substituents is 1. The highest BCUT2D eigenvalue weighted by molar-refractivity contribution is 7.89. The van der Waals surface area contributed by atoms with E-state index in [1.54, 1.807) is 0 Å². The van der Waals surface area contributed by atoms with Crippen LogP contribution in [0.15, 0.2) is 29.2 Å². The number of phenols is 1. The number of sulfonamides is 1. The Kier molecular flexibility index (Phi) is 5.09. The average molecular weight is 275 g/mol. The molecule has 0 amide bonds. The quantitative estimate of drug-likeness (QED) is 0.764. The third kappa shape index (κ3) is 3.67. The van der Waals surface area contributed by atoms with Crippen molar-refractivity contribution in [1.29, 1.82) is 0 Å². The number of likely N-dealkylation sites (N-methyl/N-ethyl adjacent to an activating group) is 1. The first-order chi connectivity index (χ1) is 8.37. The summed E-state index contributed by atoms with van der Waals surface area (Å²) in [5.41, 5.74) is 0. The second kappa shape index (κ2) is 6.14. The molecule has 2 N–H and O–H groups in total. The average Bonchev–Trinajstić information content (AvgIpc) is 2.29. The summed E-state index contributed by atoms with van der Waals surface area (Å²) in [4.78, 5) is -0.0189. The fourth-order valence-electron chi connectivity index (χ4n) is 1.46. The molecule has 1 rings (SSSR count). The molecule has 0 aliphatic rings. The van der Waals surface area contributed by atoms with E-state index in [2.05, 4.69) is 0 Å². The highest BCUT2D eigenvalue weighted by Gasteiger charge is 2.23. The van der Waals surface area contributed by atoms with Gasteiger partial charge in [-0.3, -0.25) is 0 Å². The smallest absolute Gasteiger partial charge is 0.243 e. The monoisotopic (exact) mass is 275 g/mol. The van der Waals surface area contributed by atoms with Gasteiger partial charge in [-0.25, -0.2) is 8.42 Å². The summed E-state index contributed by atoms with van der Waals surface area (Å²) in [7, 11) is -0.934. The van der Waals surface area contributed by atoms with Gasteiger partial charge >= 0.3 is 0 Å². The summed E-state index contributed by atoms with van der Waals surface area (Å²) in [6, 6.07) is 5.38. The molecular formula is C11H17NO5S. The van der Waals surface area contributed by atoms with Crippen molar-refractivity contribution in [3.8, 4) is 5.75 Å². The highest BCUT2D eigenvalue weighted by atomic mass is 32.2. The maximum absolute atomic E-state index is 12.1. The molecule has 0 aliphatic carbocycles. The Bertz CT molecular complexity index is 488. The summed E-state index contributed by atoms with van der Waals surface area (Å²) in [5.74, 6) is -0.123. The van der Waals surface area contributed by atoms with Crippen LogP contribution in [0, 0.1) is 0 Å². The lowest BCUT2D eigenvalue weighted by Gasteiger charge is -2.20. The molecule has 0 aliphatic heterocycles. The van der Waals surface area contributed by atoms with E-state index < -0.39 is 16.1 Å². The highest BCUT2D eigenvalue weighted by Crippen LogP contribution is 2.19. The SMILES string of the molecule is COCC(O)CN(C)S(=O)(=O)c1cccc(O)c1. The van der Waals surface area contributed by atoms with Crippen molar-refractivity contribution in [1.82, 2.24) is 4.31 Å². The number of aliphatic hydroxyl groups excluding tert-OH is 1. The van der Waals surface area contributed by atoms with E-state index in [9.17, 15) is 18.6 Å². The molecule has 0 saturated heterocycles. The molecule has 1 aromatic rings. The van der Waals surface area contributed by atoms with Crippen LogP contribution in [-0.4, -0.2) is 56.3 Å². The standard InChI is InChI=1S/C11H17NO5S/c1-12(7-10(14)8-17-2)18(15,16)11-5-3-4-9(13)6-11/h3-6,10,13-14H,7-8H2,1-2H3. The van der Waals surface area contributed by atoms with Crippen molar-refractivity contribution in [2.45, 2.75) is 11.0 Å². The summed E-state index contributed by atoms with van der Waals surface area (Å²) < 4.78 is 29.9. The van der Waals surface area contributed by atoms with Gasteiger partial charge in [0, 0.05) is 20.7 Å². The number of nitrogens with zero attached hydrogens (tertiary/aromatic N) is 1. The molecule has 0 fully saturated rings. The zero-order chi connectivity index (χ0) is 13.8. The van der Waals surface area contributed by atoms with Crippen molar-refractivity contribution >= 4 is 10.0 Å². The van der Waals surface area contributed by atoms with Gasteiger partial charge in [0.05, 0.1) is 17.6 Å². The molecule has 0 bridgehead atoms. The second-order valence-corrected chi connectivity index (χ2v) is 5.94. The minimum Gasteiger partial charge on any atom is -0.508 e. The number of ether oxygens (including phenoxy) is 1. The van der Waals surface area contributed by atoms with Gasteiger partial charge in [0.15, 0.2) is 0 Å². The number of hydrogen-bond donors (Lipinski definition) is 2. The van der Waals surface area contributed by atoms with Gasteiger partial charge in [-0.1, -0.05) is 6.07 Å². The van der Waals surface area contributed by atoms with Crippen LogP contribution in [0.2, 0.25) is 0 Å². The molecule has 6 nitrogen and oxygen atoms in total. The van der Waals surface area contributed by atoms with Gasteiger partial charge in [-0.2, -0.15) is 4.31 Å². The number of hydrogen-bond acceptors (Lipinski definition) is 5. The first kappa shape index (κ1) is 14.9. The van der Waals surface area contributed by atoms with Crippen LogP contribution >= 0.6 is 0 Å².